The number of benzene rings is 1. The van der Waals surface area contributed by atoms with Gasteiger partial charge in [-0.3, -0.25) is 4.79 Å². The summed E-state index contributed by atoms with van der Waals surface area (Å²) in [6.07, 6.45) is 3.29. The van der Waals surface area contributed by atoms with E-state index in [2.05, 4.69) is 17.4 Å². The molecule has 4 heteroatoms. The summed E-state index contributed by atoms with van der Waals surface area (Å²) in [4.78, 5) is 12.9. The topological polar surface area (TPSA) is 49.3 Å². The minimum Gasteiger partial charge on any atom is -0.393 e. The number of hydrogen-bond donors (Lipinski definition) is 2. The summed E-state index contributed by atoms with van der Waals surface area (Å²) in [6.45, 7) is 0.621. The molecule has 0 saturated heterocycles. The predicted molar refractivity (Wildman–Crippen MR) is 78.1 cm³/mol. The van der Waals surface area contributed by atoms with E-state index in [4.69, 9.17) is 0 Å². The van der Waals surface area contributed by atoms with Crippen molar-refractivity contribution in [1.82, 2.24) is 5.32 Å². The van der Waals surface area contributed by atoms with Gasteiger partial charge in [0, 0.05) is 29.5 Å². The fourth-order valence-electron chi connectivity index (χ4n) is 2.37. The summed E-state index contributed by atoms with van der Waals surface area (Å²) >= 11 is 1.70. The fraction of sp³-hybridized carbons (Fsp3) is 0.533. The van der Waals surface area contributed by atoms with Crippen LogP contribution in [0.2, 0.25) is 0 Å². The number of aliphatic hydroxyl groups is 1. The van der Waals surface area contributed by atoms with E-state index < -0.39 is 0 Å². The van der Waals surface area contributed by atoms with E-state index in [9.17, 15) is 9.90 Å². The average Bonchev–Trinajstić information content (AvgIpc) is 2.83. The van der Waals surface area contributed by atoms with Gasteiger partial charge in [-0.15, -0.1) is 11.8 Å². The van der Waals surface area contributed by atoms with Gasteiger partial charge in [0.1, 0.15) is 0 Å². The van der Waals surface area contributed by atoms with Gasteiger partial charge in [-0.2, -0.15) is 0 Å². The van der Waals surface area contributed by atoms with Gasteiger partial charge in [0.25, 0.3) is 0 Å². The van der Waals surface area contributed by atoms with Crippen molar-refractivity contribution in [1.29, 1.82) is 0 Å². The van der Waals surface area contributed by atoms with Crippen LogP contribution >= 0.6 is 11.8 Å². The van der Waals surface area contributed by atoms with Gasteiger partial charge in [0.15, 0.2) is 0 Å². The van der Waals surface area contributed by atoms with Crippen LogP contribution < -0.4 is 5.32 Å². The van der Waals surface area contributed by atoms with Crippen LogP contribution in [0.15, 0.2) is 35.2 Å². The van der Waals surface area contributed by atoms with Crippen molar-refractivity contribution in [2.75, 3.05) is 12.3 Å². The first-order chi connectivity index (χ1) is 9.25. The summed E-state index contributed by atoms with van der Waals surface area (Å²) in [5, 5.41) is 12.6. The second kappa shape index (κ2) is 7.56. The molecule has 2 rings (SSSR count). The Morgan fingerprint density at radius 3 is 2.79 bits per heavy atom. The number of aliphatic hydroxyl groups excluding tert-OH is 1. The van der Waals surface area contributed by atoms with Crippen LogP contribution in [0.3, 0.4) is 0 Å². The van der Waals surface area contributed by atoms with Gasteiger partial charge < -0.3 is 10.4 Å². The highest BCUT2D eigenvalue weighted by atomic mass is 32.2. The number of nitrogens with one attached hydrogen (secondary N) is 1. The molecule has 0 aromatic heterocycles. The highest BCUT2D eigenvalue weighted by molar-refractivity contribution is 7.99. The van der Waals surface area contributed by atoms with Crippen molar-refractivity contribution in [3.05, 3.63) is 30.3 Å². The van der Waals surface area contributed by atoms with Crippen LogP contribution in [0, 0.1) is 5.92 Å². The Morgan fingerprint density at radius 2 is 2.11 bits per heavy atom. The SMILES string of the molecule is O=C(CCSc1ccccc1)NCC1CCCC1O. The lowest BCUT2D eigenvalue weighted by Crippen LogP contribution is -2.32. The molecule has 1 amide bonds. The number of amides is 1. The first kappa shape index (κ1) is 14.4. The lowest BCUT2D eigenvalue weighted by molar-refractivity contribution is -0.120. The maximum absolute atomic E-state index is 11.7. The fourth-order valence-corrected chi connectivity index (χ4v) is 3.24. The minimum absolute atomic E-state index is 0.0857. The molecular formula is C15H21NO2S. The Balaban J connectivity index is 1.59. The molecule has 1 aromatic rings. The molecule has 1 aromatic carbocycles. The van der Waals surface area contributed by atoms with Crippen molar-refractivity contribution in [3.8, 4) is 0 Å². The van der Waals surface area contributed by atoms with Crippen molar-refractivity contribution in [3.63, 3.8) is 0 Å². The first-order valence-electron chi connectivity index (χ1n) is 6.88. The third-order valence-corrected chi connectivity index (χ3v) is 4.54. The minimum atomic E-state index is -0.223. The van der Waals surface area contributed by atoms with Gasteiger partial charge in [0.05, 0.1) is 6.10 Å². The van der Waals surface area contributed by atoms with Gasteiger partial charge in [0.2, 0.25) is 5.91 Å². The second-order valence-electron chi connectivity index (χ2n) is 4.97. The van der Waals surface area contributed by atoms with E-state index in [1.807, 2.05) is 18.2 Å². The molecule has 19 heavy (non-hydrogen) atoms. The summed E-state index contributed by atoms with van der Waals surface area (Å²) in [6, 6.07) is 10.1. The van der Waals surface area contributed by atoms with E-state index in [0.29, 0.717) is 13.0 Å². The largest absolute Gasteiger partial charge is 0.393 e. The molecule has 1 aliphatic carbocycles. The van der Waals surface area contributed by atoms with Crippen LogP contribution in [0.4, 0.5) is 0 Å². The molecule has 1 saturated carbocycles. The molecule has 2 N–H and O–H groups in total. The van der Waals surface area contributed by atoms with E-state index in [1.54, 1.807) is 11.8 Å². The highest BCUT2D eigenvalue weighted by Crippen LogP contribution is 2.24. The Morgan fingerprint density at radius 1 is 1.32 bits per heavy atom. The Bertz CT molecular complexity index is 396. The molecule has 0 bridgehead atoms. The average molecular weight is 279 g/mol. The van der Waals surface area contributed by atoms with Crippen LogP contribution in [0.1, 0.15) is 25.7 Å². The highest BCUT2D eigenvalue weighted by Gasteiger charge is 2.25. The van der Waals surface area contributed by atoms with Gasteiger partial charge in [-0.25, -0.2) is 0 Å². The van der Waals surface area contributed by atoms with Gasteiger partial charge in [-0.05, 0) is 25.0 Å². The van der Waals surface area contributed by atoms with E-state index >= 15 is 0 Å². The molecule has 2 atom stereocenters. The monoisotopic (exact) mass is 279 g/mol. The molecular weight excluding hydrogens is 258 g/mol. The Hall–Kier alpha value is -1.00. The van der Waals surface area contributed by atoms with Crippen molar-refractivity contribution in [2.24, 2.45) is 5.92 Å². The van der Waals surface area contributed by atoms with Crippen molar-refractivity contribution in [2.45, 2.75) is 36.7 Å². The van der Waals surface area contributed by atoms with E-state index in [1.165, 1.54) is 4.90 Å². The van der Waals surface area contributed by atoms with Crippen molar-refractivity contribution >= 4 is 17.7 Å². The predicted octanol–water partition coefficient (Wildman–Crippen LogP) is 2.45. The molecule has 3 nitrogen and oxygen atoms in total. The lowest BCUT2D eigenvalue weighted by Gasteiger charge is -2.14. The zero-order valence-corrected chi connectivity index (χ0v) is 11.9. The summed E-state index contributed by atoms with van der Waals surface area (Å²) < 4.78 is 0. The third-order valence-electron chi connectivity index (χ3n) is 3.52. The molecule has 0 radical (unpaired) electrons. The molecule has 0 heterocycles. The van der Waals surface area contributed by atoms with E-state index in [-0.39, 0.29) is 17.9 Å². The third kappa shape index (κ3) is 4.88. The molecule has 1 fully saturated rings. The molecule has 1 aliphatic rings. The number of thioether (sulfide) groups is 1. The summed E-state index contributed by atoms with van der Waals surface area (Å²) in [7, 11) is 0. The maximum atomic E-state index is 11.7. The van der Waals surface area contributed by atoms with Crippen LogP contribution in [0.5, 0.6) is 0 Å². The van der Waals surface area contributed by atoms with E-state index in [0.717, 1.165) is 25.0 Å². The summed E-state index contributed by atoms with van der Waals surface area (Å²) in [5.41, 5.74) is 0. The van der Waals surface area contributed by atoms with Crippen LogP contribution in [-0.4, -0.2) is 29.4 Å². The van der Waals surface area contributed by atoms with Gasteiger partial charge in [-0.1, -0.05) is 24.6 Å². The lowest BCUT2D eigenvalue weighted by atomic mass is 10.1. The summed E-state index contributed by atoms with van der Waals surface area (Å²) in [5.74, 6) is 1.14. The molecule has 0 spiro atoms. The number of hydrogen-bond acceptors (Lipinski definition) is 3. The smallest absolute Gasteiger partial charge is 0.220 e. The normalized spacial score (nSPS) is 22.4. The Labute approximate surface area is 118 Å². The number of rotatable bonds is 6. The van der Waals surface area contributed by atoms with Crippen LogP contribution in [0.25, 0.3) is 0 Å². The zero-order chi connectivity index (χ0) is 13.5. The first-order valence-corrected chi connectivity index (χ1v) is 7.87. The molecule has 2 unspecified atom stereocenters. The number of carbonyl (C=O) groups excluding carboxylic acids is 1. The molecule has 0 aliphatic heterocycles. The van der Waals surface area contributed by atoms with Crippen LogP contribution in [-0.2, 0) is 4.79 Å². The quantitative estimate of drug-likeness (QED) is 0.786. The zero-order valence-electron chi connectivity index (χ0n) is 11.0. The Kier molecular flexibility index (Phi) is 5.73. The standard InChI is InChI=1S/C15H21NO2S/c17-14-8-4-5-12(14)11-16-15(18)9-10-19-13-6-2-1-3-7-13/h1-3,6-7,12,14,17H,4-5,8-11H2,(H,16,18). The molecule has 104 valence electrons. The second-order valence-corrected chi connectivity index (χ2v) is 6.14. The van der Waals surface area contributed by atoms with Crippen molar-refractivity contribution < 1.29 is 9.90 Å². The maximum Gasteiger partial charge on any atom is 0.220 e. The number of carbonyl (C=O) groups is 1. The van der Waals surface area contributed by atoms with Gasteiger partial charge >= 0.3 is 0 Å².